The van der Waals surface area contributed by atoms with Gasteiger partial charge in [0, 0.05) is 31.6 Å². The highest BCUT2D eigenvalue weighted by Crippen LogP contribution is 2.42. The summed E-state index contributed by atoms with van der Waals surface area (Å²) in [6, 6.07) is 5.03. The number of carboxylic acids is 1. The zero-order chi connectivity index (χ0) is 23.8. The second-order valence-corrected chi connectivity index (χ2v) is 8.70. The van der Waals surface area contributed by atoms with Crippen LogP contribution in [0.2, 0.25) is 0 Å². The molecule has 1 aromatic rings. The SMILES string of the molecule is CCCCN(CCCC)C(=O)CN1C[C@H](c2ccc3c(c2)OCO3)[C@H](C(=O)O)[C@H]1C=CCO. The molecule has 1 aromatic carbocycles. The van der Waals surface area contributed by atoms with Gasteiger partial charge in [-0.15, -0.1) is 0 Å². The van der Waals surface area contributed by atoms with Crippen LogP contribution in [-0.4, -0.2) is 77.5 Å². The molecule has 1 amide bonds. The van der Waals surface area contributed by atoms with E-state index in [4.69, 9.17) is 9.47 Å². The Kier molecular flexibility index (Phi) is 9.14. The highest BCUT2D eigenvalue weighted by Gasteiger charge is 2.46. The Morgan fingerprint density at radius 1 is 1.15 bits per heavy atom. The number of carbonyl (C=O) groups is 2. The lowest BCUT2D eigenvalue weighted by atomic mass is 9.85. The zero-order valence-electron chi connectivity index (χ0n) is 19.6. The summed E-state index contributed by atoms with van der Waals surface area (Å²) in [6.45, 7) is 6.19. The van der Waals surface area contributed by atoms with Crippen LogP contribution in [0, 0.1) is 5.92 Å². The lowest BCUT2D eigenvalue weighted by Crippen LogP contribution is -2.44. The highest BCUT2D eigenvalue weighted by atomic mass is 16.7. The van der Waals surface area contributed by atoms with Gasteiger partial charge >= 0.3 is 5.97 Å². The molecule has 8 heteroatoms. The molecule has 33 heavy (non-hydrogen) atoms. The van der Waals surface area contributed by atoms with Gasteiger partial charge in [-0.25, -0.2) is 0 Å². The standard InChI is InChI=1S/C25H36N2O6/c1-3-5-11-26(12-6-4-2)23(29)16-27-15-19(24(25(30)31)20(27)8-7-13-28)18-9-10-21-22(14-18)33-17-32-21/h7-10,14,19-20,24,28H,3-6,11-13,15-17H2,1-2H3,(H,30,31)/t19-,20-,24+/m1/s1. The summed E-state index contributed by atoms with van der Waals surface area (Å²) in [7, 11) is 0. The van der Waals surface area contributed by atoms with Gasteiger partial charge in [-0.1, -0.05) is 44.9 Å². The number of aliphatic carboxylic acids is 1. The zero-order valence-corrected chi connectivity index (χ0v) is 19.6. The maximum Gasteiger partial charge on any atom is 0.309 e. The number of ether oxygens (including phenoxy) is 2. The van der Waals surface area contributed by atoms with E-state index in [1.807, 2.05) is 21.9 Å². The number of aliphatic hydroxyl groups is 1. The van der Waals surface area contributed by atoms with Crippen LogP contribution in [0.3, 0.4) is 0 Å². The predicted molar refractivity (Wildman–Crippen MR) is 124 cm³/mol. The van der Waals surface area contributed by atoms with Crippen LogP contribution in [0.25, 0.3) is 0 Å². The third kappa shape index (κ3) is 6.06. The predicted octanol–water partition coefficient (Wildman–Crippen LogP) is 2.86. The Balaban J connectivity index is 1.85. The molecule has 2 aliphatic rings. The molecule has 3 atom stereocenters. The molecule has 8 nitrogen and oxygen atoms in total. The Bertz CT molecular complexity index is 834. The largest absolute Gasteiger partial charge is 0.481 e. The minimum atomic E-state index is -0.922. The summed E-state index contributed by atoms with van der Waals surface area (Å²) < 4.78 is 10.9. The average molecular weight is 461 g/mol. The van der Waals surface area contributed by atoms with Gasteiger partial charge in [0.2, 0.25) is 12.7 Å². The fourth-order valence-electron chi connectivity index (χ4n) is 4.67. The number of likely N-dealkylation sites (tertiary alicyclic amines) is 1. The van der Waals surface area contributed by atoms with E-state index in [-0.39, 0.29) is 31.8 Å². The first kappa shape index (κ1) is 25.1. The van der Waals surface area contributed by atoms with Crippen molar-refractivity contribution in [1.29, 1.82) is 0 Å². The molecule has 2 aliphatic heterocycles. The molecule has 3 rings (SSSR count). The first-order chi connectivity index (χ1) is 16.0. The number of nitrogens with zero attached hydrogens (tertiary/aromatic N) is 2. The number of hydrogen-bond acceptors (Lipinski definition) is 6. The van der Waals surface area contributed by atoms with Crippen LogP contribution in [0.5, 0.6) is 11.5 Å². The molecule has 0 saturated carbocycles. The van der Waals surface area contributed by atoms with Crippen molar-refractivity contribution in [3.63, 3.8) is 0 Å². The van der Waals surface area contributed by atoms with E-state index in [2.05, 4.69) is 13.8 Å². The first-order valence-electron chi connectivity index (χ1n) is 11.9. The van der Waals surface area contributed by atoms with E-state index in [1.54, 1.807) is 18.2 Å². The molecule has 0 radical (unpaired) electrons. The van der Waals surface area contributed by atoms with E-state index >= 15 is 0 Å². The minimum Gasteiger partial charge on any atom is -0.481 e. The molecule has 182 valence electrons. The smallest absolute Gasteiger partial charge is 0.309 e. The third-order valence-corrected chi connectivity index (χ3v) is 6.46. The first-order valence-corrected chi connectivity index (χ1v) is 11.9. The van der Waals surface area contributed by atoms with Crippen LogP contribution in [0.15, 0.2) is 30.4 Å². The van der Waals surface area contributed by atoms with E-state index < -0.39 is 17.9 Å². The number of carbonyl (C=O) groups excluding carboxylic acids is 1. The average Bonchev–Trinajstić information content (AvgIpc) is 3.41. The number of amides is 1. The monoisotopic (exact) mass is 460 g/mol. The topological polar surface area (TPSA) is 99.5 Å². The Labute approximate surface area is 195 Å². The van der Waals surface area contributed by atoms with E-state index in [9.17, 15) is 19.8 Å². The van der Waals surface area contributed by atoms with E-state index in [0.717, 1.165) is 31.2 Å². The molecule has 0 unspecified atom stereocenters. The molecular weight excluding hydrogens is 424 g/mol. The number of fused-ring (bicyclic) bond motifs is 1. The van der Waals surface area contributed by atoms with Gasteiger partial charge in [-0.3, -0.25) is 14.5 Å². The molecule has 1 fully saturated rings. The minimum absolute atomic E-state index is 0.0229. The number of aliphatic hydroxyl groups excluding tert-OH is 1. The quantitative estimate of drug-likeness (QED) is 0.463. The number of unbranched alkanes of at least 4 members (excludes halogenated alkanes) is 2. The van der Waals surface area contributed by atoms with Gasteiger partial charge in [0.05, 0.1) is 19.1 Å². The number of benzene rings is 1. The van der Waals surface area contributed by atoms with Crippen LogP contribution in [-0.2, 0) is 9.59 Å². The summed E-state index contributed by atoms with van der Waals surface area (Å²) in [5.41, 5.74) is 0.845. The van der Waals surface area contributed by atoms with Crippen molar-refractivity contribution in [2.45, 2.75) is 51.5 Å². The van der Waals surface area contributed by atoms with Crippen LogP contribution in [0.4, 0.5) is 0 Å². The molecule has 0 aromatic heterocycles. The molecule has 0 bridgehead atoms. The fourth-order valence-corrected chi connectivity index (χ4v) is 4.67. The third-order valence-electron chi connectivity index (χ3n) is 6.46. The van der Waals surface area contributed by atoms with Gasteiger partial charge in [-0.05, 0) is 30.5 Å². The Morgan fingerprint density at radius 3 is 2.48 bits per heavy atom. The summed E-state index contributed by atoms with van der Waals surface area (Å²) in [5.74, 6) is -0.712. The number of rotatable bonds is 12. The van der Waals surface area contributed by atoms with Gasteiger partial charge < -0.3 is 24.6 Å². The lowest BCUT2D eigenvalue weighted by molar-refractivity contribution is -0.143. The van der Waals surface area contributed by atoms with Crippen molar-refractivity contribution in [2.24, 2.45) is 5.92 Å². The van der Waals surface area contributed by atoms with E-state index in [1.165, 1.54) is 0 Å². The van der Waals surface area contributed by atoms with Crippen molar-refractivity contribution in [3.8, 4) is 11.5 Å². The van der Waals surface area contributed by atoms with Crippen LogP contribution >= 0.6 is 0 Å². The normalized spacial score (nSPS) is 22.2. The van der Waals surface area contributed by atoms with Gasteiger partial charge in [-0.2, -0.15) is 0 Å². The molecule has 1 saturated heterocycles. The second-order valence-electron chi connectivity index (χ2n) is 8.70. The van der Waals surface area contributed by atoms with Crippen LogP contribution < -0.4 is 9.47 Å². The van der Waals surface area contributed by atoms with Gasteiger partial charge in [0.1, 0.15) is 0 Å². The van der Waals surface area contributed by atoms with Crippen molar-refractivity contribution in [1.82, 2.24) is 9.80 Å². The fraction of sp³-hybridized carbons (Fsp3) is 0.600. The van der Waals surface area contributed by atoms with Crippen molar-refractivity contribution in [2.75, 3.05) is 39.6 Å². The van der Waals surface area contributed by atoms with Gasteiger partial charge in [0.15, 0.2) is 11.5 Å². The number of hydrogen-bond donors (Lipinski definition) is 2. The molecular formula is C25H36N2O6. The lowest BCUT2D eigenvalue weighted by Gasteiger charge is -2.28. The summed E-state index contributed by atoms with van der Waals surface area (Å²) in [5, 5.41) is 19.5. The summed E-state index contributed by atoms with van der Waals surface area (Å²) >= 11 is 0. The number of carboxylic acid groups (broad SMARTS) is 1. The summed E-state index contributed by atoms with van der Waals surface area (Å²) in [4.78, 5) is 29.4. The Hall–Kier alpha value is -2.58. The molecule has 2 heterocycles. The Morgan fingerprint density at radius 2 is 1.85 bits per heavy atom. The maximum atomic E-state index is 13.2. The van der Waals surface area contributed by atoms with Crippen molar-refractivity contribution < 1.29 is 29.3 Å². The summed E-state index contributed by atoms with van der Waals surface area (Å²) in [6.07, 6.45) is 7.19. The second kappa shape index (κ2) is 12.0. The van der Waals surface area contributed by atoms with Crippen molar-refractivity contribution in [3.05, 3.63) is 35.9 Å². The highest BCUT2D eigenvalue weighted by molar-refractivity contribution is 5.79. The molecule has 0 aliphatic carbocycles. The van der Waals surface area contributed by atoms with Crippen molar-refractivity contribution >= 4 is 11.9 Å². The van der Waals surface area contributed by atoms with Crippen LogP contribution in [0.1, 0.15) is 51.0 Å². The van der Waals surface area contributed by atoms with Gasteiger partial charge in [0.25, 0.3) is 0 Å². The maximum absolute atomic E-state index is 13.2. The molecule has 2 N–H and O–H groups in total. The van der Waals surface area contributed by atoms with E-state index in [0.29, 0.717) is 31.1 Å². The molecule has 0 spiro atoms.